The predicted octanol–water partition coefficient (Wildman–Crippen LogP) is 1.33. The minimum absolute atomic E-state index is 0. The fourth-order valence-corrected chi connectivity index (χ4v) is 5.62. The van der Waals surface area contributed by atoms with E-state index in [4.69, 9.17) is 4.74 Å². The molecule has 0 aliphatic rings. The molecule has 5 rings (SSSR count). The summed E-state index contributed by atoms with van der Waals surface area (Å²) in [7, 11) is -0.206. The largest absolute Gasteiger partial charge is 1.00 e. The summed E-state index contributed by atoms with van der Waals surface area (Å²) < 4.78 is 36.4. The number of pyridine rings is 1. The topological polar surface area (TPSA) is 52.2 Å². The number of benzene rings is 3. The maximum atomic E-state index is 13.7. The zero-order valence-corrected chi connectivity index (χ0v) is 18.9. The summed E-state index contributed by atoms with van der Waals surface area (Å²) >= 11 is 0. The van der Waals surface area contributed by atoms with Gasteiger partial charge in [-0.05, 0) is 49.4 Å². The normalized spacial score (nSPS) is 11.7. The Morgan fingerprint density at radius 1 is 0.903 bits per heavy atom. The maximum Gasteiger partial charge on any atom is 0.268 e. The molecule has 0 N–H and O–H groups in total. The van der Waals surface area contributed by atoms with E-state index >= 15 is 0 Å². The van der Waals surface area contributed by atoms with Gasteiger partial charge in [-0.15, -0.1) is 0 Å². The molecule has 0 saturated carbocycles. The van der Waals surface area contributed by atoms with Crippen LogP contribution in [0.4, 0.5) is 0 Å². The van der Waals surface area contributed by atoms with Crippen molar-refractivity contribution in [2.45, 2.75) is 11.8 Å². The quantitative estimate of drug-likeness (QED) is 0.388. The molecular formula is C24H21ClN2O3S. The Kier molecular flexibility index (Phi) is 5.15. The molecule has 5 aromatic rings. The van der Waals surface area contributed by atoms with Crippen molar-refractivity contribution in [3.8, 4) is 5.75 Å². The average Bonchev–Trinajstić information content (AvgIpc) is 3.08. The number of rotatable bonds is 3. The van der Waals surface area contributed by atoms with Gasteiger partial charge in [-0.1, -0.05) is 29.8 Å². The zero-order chi connectivity index (χ0) is 21.0. The van der Waals surface area contributed by atoms with Crippen molar-refractivity contribution in [2.75, 3.05) is 7.11 Å². The third-order valence-corrected chi connectivity index (χ3v) is 7.36. The van der Waals surface area contributed by atoms with E-state index in [9.17, 15) is 8.42 Å². The van der Waals surface area contributed by atoms with E-state index in [2.05, 4.69) is 0 Å². The number of aryl methyl sites for hydroxylation is 2. The van der Waals surface area contributed by atoms with Crippen molar-refractivity contribution in [3.63, 3.8) is 0 Å². The summed E-state index contributed by atoms with van der Waals surface area (Å²) in [6.45, 7) is 1.94. The Balaban J connectivity index is 0.00000231. The van der Waals surface area contributed by atoms with Crippen LogP contribution in [0.5, 0.6) is 5.75 Å². The van der Waals surface area contributed by atoms with E-state index < -0.39 is 10.0 Å². The zero-order valence-electron chi connectivity index (χ0n) is 17.3. The third-order valence-electron chi connectivity index (χ3n) is 5.62. The minimum atomic E-state index is -3.79. The fraction of sp³-hybridized carbons (Fsp3) is 0.125. The second-order valence-electron chi connectivity index (χ2n) is 7.46. The highest BCUT2D eigenvalue weighted by Gasteiger charge is 2.28. The second kappa shape index (κ2) is 7.55. The van der Waals surface area contributed by atoms with Gasteiger partial charge in [-0.2, -0.15) is 4.57 Å². The molecular weight excluding hydrogens is 432 g/mol. The number of methoxy groups -OCH3 is 1. The molecule has 2 heterocycles. The van der Waals surface area contributed by atoms with Crippen LogP contribution in [0.15, 0.2) is 77.7 Å². The van der Waals surface area contributed by atoms with Crippen LogP contribution in [-0.2, 0) is 17.1 Å². The SMILES string of the molecule is COc1ccc2c(c1)cc1c(c3ccccc3n1S(=O)(=O)c1ccc(C)cc1)[n+]2C.[Cl-]. The first-order valence-corrected chi connectivity index (χ1v) is 11.1. The molecule has 3 aromatic carbocycles. The fourth-order valence-electron chi connectivity index (χ4n) is 4.12. The molecule has 0 aliphatic heterocycles. The van der Waals surface area contributed by atoms with Crippen LogP contribution in [0.25, 0.3) is 32.8 Å². The van der Waals surface area contributed by atoms with Gasteiger partial charge < -0.3 is 17.1 Å². The van der Waals surface area contributed by atoms with Crippen molar-refractivity contribution in [1.29, 1.82) is 0 Å². The lowest BCUT2D eigenvalue weighted by Gasteiger charge is -2.09. The van der Waals surface area contributed by atoms with E-state index in [0.29, 0.717) is 11.0 Å². The van der Waals surface area contributed by atoms with Crippen LogP contribution >= 0.6 is 0 Å². The average molecular weight is 453 g/mol. The van der Waals surface area contributed by atoms with Gasteiger partial charge in [0.2, 0.25) is 11.0 Å². The number of fused-ring (bicyclic) bond motifs is 4. The van der Waals surface area contributed by atoms with Crippen molar-refractivity contribution in [2.24, 2.45) is 7.05 Å². The highest BCUT2D eigenvalue weighted by molar-refractivity contribution is 7.90. The van der Waals surface area contributed by atoms with E-state index in [1.54, 1.807) is 19.2 Å². The summed E-state index contributed by atoms with van der Waals surface area (Å²) in [6, 6.07) is 22.3. The van der Waals surface area contributed by atoms with E-state index in [1.165, 1.54) is 3.97 Å². The summed E-state index contributed by atoms with van der Waals surface area (Å²) in [5, 5.41) is 1.80. The summed E-state index contributed by atoms with van der Waals surface area (Å²) in [6.07, 6.45) is 0. The third kappa shape index (κ3) is 3.14. The predicted molar refractivity (Wildman–Crippen MR) is 118 cm³/mol. The molecule has 0 fully saturated rings. The van der Waals surface area contributed by atoms with Gasteiger partial charge in [0.05, 0.1) is 28.3 Å². The van der Waals surface area contributed by atoms with Gasteiger partial charge in [-0.25, -0.2) is 12.4 Å². The van der Waals surface area contributed by atoms with Gasteiger partial charge in [0, 0.05) is 6.07 Å². The summed E-state index contributed by atoms with van der Waals surface area (Å²) in [5.41, 5.74) is 4.18. The molecule has 0 spiro atoms. The Labute approximate surface area is 187 Å². The van der Waals surface area contributed by atoms with Gasteiger partial charge in [-0.3, -0.25) is 0 Å². The van der Waals surface area contributed by atoms with Crippen LogP contribution in [0.3, 0.4) is 0 Å². The first kappa shape index (κ1) is 21.2. The van der Waals surface area contributed by atoms with E-state index in [0.717, 1.165) is 33.1 Å². The number of nitrogens with zero attached hydrogens (tertiary/aromatic N) is 2. The van der Waals surface area contributed by atoms with Crippen molar-refractivity contribution < 1.29 is 30.1 Å². The minimum Gasteiger partial charge on any atom is -1.00 e. The molecule has 0 atom stereocenters. The van der Waals surface area contributed by atoms with Crippen molar-refractivity contribution >= 4 is 42.9 Å². The standard InChI is InChI=1S/C24H21N2O3S.ClH/c1-16-8-11-19(12-9-16)30(27,28)26-22-7-5-4-6-20(22)24-23(26)15-17-14-18(29-3)10-13-21(17)25(24)2;/h4-15H,1-3H3;1H/q+1;/p-1. The molecule has 158 valence electrons. The first-order chi connectivity index (χ1) is 14.4. The van der Waals surface area contributed by atoms with Crippen LogP contribution < -0.4 is 21.7 Å². The lowest BCUT2D eigenvalue weighted by Crippen LogP contribution is -3.00. The molecule has 0 bridgehead atoms. The van der Waals surface area contributed by atoms with Crippen molar-refractivity contribution in [3.05, 3.63) is 78.4 Å². The van der Waals surface area contributed by atoms with Crippen LogP contribution in [0.1, 0.15) is 5.56 Å². The van der Waals surface area contributed by atoms with Crippen molar-refractivity contribution in [1.82, 2.24) is 3.97 Å². The summed E-state index contributed by atoms with van der Waals surface area (Å²) in [4.78, 5) is 0.268. The molecule has 0 unspecified atom stereocenters. The number of para-hydroxylation sites is 1. The lowest BCUT2D eigenvalue weighted by molar-refractivity contribution is -0.616. The Hall–Kier alpha value is -3.09. The summed E-state index contributed by atoms with van der Waals surface area (Å²) in [5.74, 6) is 0.728. The van der Waals surface area contributed by atoms with Gasteiger partial charge in [0.1, 0.15) is 18.3 Å². The molecule has 2 aromatic heterocycles. The Morgan fingerprint density at radius 3 is 2.32 bits per heavy atom. The highest BCUT2D eigenvalue weighted by atomic mass is 35.5. The number of ether oxygens (including phenoxy) is 1. The molecule has 0 radical (unpaired) electrons. The van der Waals surface area contributed by atoms with E-state index in [-0.39, 0.29) is 17.3 Å². The number of halogens is 1. The molecule has 5 nitrogen and oxygen atoms in total. The lowest BCUT2D eigenvalue weighted by atomic mass is 10.1. The van der Waals surface area contributed by atoms with Crippen LogP contribution in [0, 0.1) is 6.92 Å². The van der Waals surface area contributed by atoms with Crippen LogP contribution in [0.2, 0.25) is 0 Å². The highest BCUT2D eigenvalue weighted by Crippen LogP contribution is 2.33. The Morgan fingerprint density at radius 2 is 1.61 bits per heavy atom. The molecule has 31 heavy (non-hydrogen) atoms. The Bertz CT molecular complexity index is 1560. The number of hydrogen-bond acceptors (Lipinski definition) is 3. The first-order valence-electron chi connectivity index (χ1n) is 9.64. The van der Waals surface area contributed by atoms with E-state index in [1.807, 2.05) is 79.2 Å². The number of hydrogen-bond donors (Lipinski definition) is 0. The van der Waals surface area contributed by atoms with Gasteiger partial charge in [0.15, 0.2) is 0 Å². The molecule has 0 aliphatic carbocycles. The smallest absolute Gasteiger partial charge is 0.268 e. The van der Waals surface area contributed by atoms with Crippen LogP contribution in [-0.4, -0.2) is 19.5 Å². The van der Waals surface area contributed by atoms with Gasteiger partial charge in [0.25, 0.3) is 10.0 Å². The monoisotopic (exact) mass is 452 g/mol. The molecule has 7 heteroatoms. The second-order valence-corrected chi connectivity index (χ2v) is 9.25. The maximum absolute atomic E-state index is 13.7. The molecule has 0 amide bonds. The van der Waals surface area contributed by atoms with Gasteiger partial charge >= 0.3 is 0 Å². The molecule has 0 saturated heterocycles. The number of aromatic nitrogens is 2.